The lowest BCUT2D eigenvalue weighted by Crippen LogP contribution is -2.59. The Labute approximate surface area is 248 Å². The van der Waals surface area contributed by atoms with E-state index in [1.165, 1.54) is 6.92 Å². The fraction of sp³-hybridized carbons (Fsp3) is 0.500. The predicted octanol–water partition coefficient (Wildman–Crippen LogP) is -4.09. The van der Waals surface area contributed by atoms with Crippen LogP contribution in [0.2, 0.25) is 0 Å². The van der Waals surface area contributed by atoms with Crippen LogP contribution in [0.3, 0.4) is 0 Å². The standard InChI is InChI=1S/C26H41N9O8/c1-14(32-22(39)16(27)9-10-20(28)37)21(38)34-18(12-15-6-3-2-4-7-15)23(40)35-19(13-36)24(41)33-17(25(42)43)8-5-11-31-26(29)30/h2-4,6-7,14,16-19,36H,5,8-13,27H2,1H3,(H2,28,37)(H,32,39)(H,33,41)(H,34,38)(H,35,40)(H,42,43)(H4,29,30,31)/t14-,16-,17-,18-,19-/m0/s1. The molecule has 0 aromatic heterocycles. The molecule has 14 N–H and O–H groups in total. The minimum Gasteiger partial charge on any atom is -0.480 e. The molecule has 0 aliphatic heterocycles. The number of carbonyl (C=O) groups is 6. The molecule has 0 radical (unpaired) electrons. The molecule has 0 saturated heterocycles. The lowest BCUT2D eigenvalue weighted by atomic mass is 10.0. The summed E-state index contributed by atoms with van der Waals surface area (Å²) in [6.45, 7) is 0.607. The van der Waals surface area contributed by atoms with Crippen molar-refractivity contribution in [1.82, 2.24) is 21.3 Å². The van der Waals surface area contributed by atoms with Gasteiger partial charge in [0.15, 0.2) is 5.96 Å². The van der Waals surface area contributed by atoms with Crippen molar-refractivity contribution in [2.24, 2.45) is 27.9 Å². The van der Waals surface area contributed by atoms with Gasteiger partial charge in [-0.15, -0.1) is 0 Å². The monoisotopic (exact) mass is 607 g/mol. The average molecular weight is 608 g/mol. The number of aliphatic hydroxyl groups excluding tert-OH is 1. The van der Waals surface area contributed by atoms with Crippen LogP contribution in [0.1, 0.15) is 38.2 Å². The zero-order valence-corrected chi connectivity index (χ0v) is 23.8. The Morgan fingerprint density at radius 3 is 1.95 bits per heavy atom. The highest BCUT2D eigenvalue weighted by Gasteiger charge is 2.30. The number of carboxylic acids is 1. The number of nitrogens with zero attached hydrogens (tertiary/aromatic N) is 1. The lowest BCUT2D eigenvalue weighted by Gasteiger charge is -2.25. The van der Waals surface area contributed by atoms with Crippen LogP contribution in [-0.2, 0) is 35.2 Å². The first-order valence-electron chi connectivity index (χ1n) is 13.4. The van der Waals surface area contributed by atoms with Gasteiger partial charge in [0, 0.05) is 19.4 Å². The average Bonchev–Trinajstić information content (AvgIpc) is 2.95. The van der Waals surface area contributed by atoms with Gasteiger partial charge in [0.1, 0.15) is 24.2 Å². The molecule has 238 valence electrons. The van der Waals surface area contributed by atoms with Crippen LogP contribution in [0.4, 0.5) is 0 Å². The summed E-state index contributed by atoms with van der Waals surface area (Å²) in [6, 6.07) is 2.15. The van der Waals surface area contributed by atoms with Gasteiger partial charge in [0.2, 0.25) is 29.5 Å². The molecule has 17 heteroatoms. The molecule has 17 nitrogen and oxygen atoms in total. The van der Waals surface area contributed by atoms with Gasteiger partial charge in [-0.05, 0) is 31.7 Å². The van der Waals surface area contributed by atoms with Gasteiger partial charge >= 0.3 is 5.97 Å². The third-order valence-electron chi connectivity index (χ3n) is 6.08. The van der Waals surface area contributed by atoms with Crippen molar-refractivity contribution < 1.29 is 39.0 Å². The molecule has 0 saturated carbocycles. The summed E-state index contributed by atoms with van der Waals surface area (Å²) >= 11 is 0. The number of hydrogen-bond donors (Lipinski definition) is 10. The molecular formula is C26H41N9O8. The third-order valence-corrected chi connectivity index (χ3v) is 6.08. The summed E-state index contributed by atoms with van der Waals surface area (Å²) in [5.41, 5.74) is 21.9. The molecule has 0 bridgehead atoms. The van der Waals surface area contributed by atoms with Crippen molar-refractivity contribution in [2.75, 3.05) is 13.2 Å². The topological polar surface area (TPSA) is 307 Å². The molecule has 0 fully saturated rings. The summed E-state index contributed by atoms with van der Waals surface area (Å²) in [6.07, 6.45) is 0.00458. The number of amides is 5. The normalized spacial score (nSPS) is 14.1. The molecule has 0 aliphatic carbocycles. The molecule has 43 heavy (non-hydrogen) atoms. The zero-order chi connectivity index (χ0) is 32.5. The lowest BCUT2D eigenvalue weighted by molar-refractivity contribution is -0.142. The molecular weight excluding hydrogens is 566 g/mol. The van der Waals surface area contributed by atoms with E-state index in [0.717, 1.165) is 0 Å². The van der Waals surface area contributed by atoms with E-state index in [9.17, 15) is 39.0 Å². The molecule has 0 aliphatic rings. The Morgan fingerprint density at radius 1 is 0.814 bits per heavy atom. The number of carbonyl (C=O) groups excluding carboxylic acids is 5. The van der Waals surface area contributed by atoms with Crippen molar-refractivity contribution in [2.45, 2.75) is 69.2 Å². The largest absolute Gasteiger partial charge is 0.480 e. The van der Waals surface area contributed by atoms with Crippen molar-refractivity contribution in [3.63, 3.8) is 0 Å². The number of aliphatic imine (C=N–C) groups is 1. The van der Waals surface area contributed by atoms with Crippen molar-refractivity contribution in [3.05, 3.63) is 35.9 Å². The molecule has 1 rings (SSSR count). The van der Waals surface area contributed by atoms with Crippen LogP contribution >= 0.6 is 0 Å². The van der Waals surface area contributed by atoms with Gasteiger partial charge < -0.3 is 54.4 Å². The minimum atomic E-state index is -1.55. The number of carboxylic acid groups (broad SMARTS) is 1. The van der Waals surface area contributed by atoms with E-state index < -0.39 is 72.3 Å². The molecule has 5 atom stereocenters. The maximum atomic E-state index is 13.2. The van der Waals surface area contributed by atoms with Crippen LogP contribution in [0, 0.1) is 0 Å². The Kier molecular flexibility index (Phi) is 15.7. The highest BCUT2D eigenvalue weighted by molar-refractivity contribution is 5.95. The maximum absolute atomic E-state index is 13.2. The van der Waals surface area contributed by atoms with Gasteiger partial charge in [-0.1, -0.05) is 30.3 Å². The highest BCUT2D eigenvalue weighted by atomic mass is 16.4. The summed E-state index contributed by atoms with van der Waals surface area (Å²) in [7, 11) is 0. The number of aliphatic hydroxyl groups is 1. The summed E-state index contributed by atoms with van der Waals surface area (Å²) in [5.74, 6) is -5.46. The number of primary amides is 1. The third kappa shape index (κ3) is 14.1. The van der Waals surface area contributed by atoms with Crippen LogP contribution in [-0.4, -0.2) is 95.0 Å². The first kappa shape index (κ1) is 36.3. The quantitative estimate of drug-likeness (QED) is 0.0409. The molecule has 1 aromatic carbocycles. The van der Waals surface area contributed by atoms with Gasteiger partial charge in [-0.25, -0.2) is 4.79 Å². The smallest absolute Gasteiger partial charge is 0.326 e. The van der Waals surface area contributed by atoms with E-state index in [2.05, 4.69) is 26.3 Å². The van der Waals surface area contributed by atoms with Gasteiger partial charge in [0.25, 0.3) is 0 Å². The first-order chi connectivity index (χ1) is 20.2. The first-order valence-corrected chi connectivity index (χ1v) is 13.4. The Hall–Kier alpha value is -4.77. The number of guanidine groups is 1. The maximum Gasteiger partial charge on any atom is 0.326 e. The second kappa shape index (κ2) is 18.6. The summed E-state index contributed by atoms with van der Waals surface area (Å²) in [4.78, 5) is 77.5. The zero-order valence-electron chi connectivity index (χ0n) is 23.8. The van der Waals surface area contributed by atoms with Gasteiger partial charge in [-0.3, -0.25) is 29.0 Å². The number of nitrogens with two attached hydrogens (primary N) is 4. The minimum absolute atomic E-state index is 0.0283. The highest BCUT2D eigenvalue weighted by Crippen LogP contribution is 2.06. The van der Waals surface area contributed by atoms with E-state index in [1.54, 1.807) is 30.3 Å². The number of rotatable bonds is 19. The molecule has 1 aromatic rings. The van der Waals surface area contributed by atoms with Crippen molar-refractivity contribution in [1.29, 1.82) is 0 Å². The van der Waals surface area contributed by atoms with Crippen LogP contribution in [0.5, 0.6) is 0 Å². The SMILES string of the molecule is C[C@H](NC(=O)[C@@H](N)CCC(N)=O)C(=O)N[C@@H](Cc1ccccc1)C(=O)N[C@@H](CO)C(=O)N[C@@H](CCCN=C(N)N)C(=O)O. The van der Waals surface area contributed by atoms with E-state index in [4.69, 9.17) is 22.9 Å². The molecule has 5 amide bonds. The number of nitrogens with one attached hydrogen (secondary N) is 4. The second-order valence-electron chi connectivity index (χ2n) is 9.68. The predicted molar refractivity (Wildman–Crippen MR) is 155 cm³/mol. The van der Waals surface area contributed by atoms with Crippen LogP contribution in [0.15, 0.2) is 35.3 Å². The number of aliphatic carboxylic acids is 1. The van der Waals surface area contributed by atoms with Crippen LogP contribution < -0.4 is 44.2 Å². The summed E-state index contributed by atoms with van der Waals surface area (Å²) < 4.78 is 0. The van der Waals surface area contributed by atoms with Crippen LogP contribution in [0.25, 0.3) is 0 Å². The van der Waals surface area contributed by atoms with E-state index in [1.807, 2.05) is 0 Å². The van der Waals surface area contributed by atoms with E-state index in [-0.39, 0.29) is 44.6 Å². The van der Waals surface area contributed by atoms with Crippen molar-refractivity contribution >= 4 is 41.5 Å². The fourth-order valence-electron chi connectivity index (χ4n) is 3.67. The van der Waals surface area contributed by atoms with Crippen molar-refractivity contribution in [3.8, 4) is 0 Å². The fourth-order valence-corrected chi connectivity index (χ4v) is 3.67. The van der Waals surface area contributed by atoms with E-state index >= 15 is 0 Å². The van der Waals surface area contributed by atoms with Gasteiger partial charge in [-0.2, -0.15) is 0 Å². The summed E-state index contributed by atoms with van der Waals surface area (Å²) in [5, 5.41) is 28.8. The van der Waals surface area contributed by atoms with E-state index in [0.29, 0.717) is 5.56 Å². The Bertz CT molecular complexity index is 1140. The molecule has 0 spiro atoms. The number of hydrogen-bond acceptors (Lipinski definition) is 9. The Morgan fingerprint density at radius 2 is 1.40 bits per heavy atom. The van der Waals surface area contributed by atoms with Gasteiger partial charge in [0.05, 0.1) is 12.6 Å². The molecule has 0 unspecified atom stereocenters. The second-order valence-corrected chi connectivity index (χ2v) is 9.68. The molecule has 0 heterocycles. The Balaban J connectivity index is 2.96. The number of benzene rings is 1.